The first-order chi connectivity index (χ1) is 17.7. The summed E-state index contributed by atoms with van der Waals surface area (Å²) >= 11 is 6.17. The Morgan fingerprint density at radius 2 is 1.78 bits per heavy atom. The maximum absolute atomic E-state index is 13.3. The first-order valence-corrected chi connectivity index (χ1v) is 11.8. The Morgan fingerprint density at radius 1 is 1.03 bits per heavy atom. The van der Waals surface area contributed by atoms with Gasteiger partial charge in [0.05, 0.1) is 5.69 Å². The lowest BCUT2D eigenvalue weighted by Gasteiger charge is -2.27. The normalized spacial score (nSPS) is 14.5. The molecule has 2 N–H and O–H groups in total. The summed E-state index contributed by atoms with van der Waals surface area (Å²) in [5.41, 5.74) is 3.51. The van der Waals surface area contributed by atoms with E-state index in [-0.39, 0.29) is 29.5 Å². The fourth-order valence-electron chi connectivity index (χ4n) is 3.80. The SMILES string of the molecule is Cc1ccc(C)c(NC(=O)COc2ccccc2/C=C2/C(=O)NC(=O)N(c3cccc(Cl)c3C)C2=O)c1. The molecule has 0 bridgehead atoms. The Bertz CT molecular complexity index is 1460. The van der Waals surface area contributed by atoms with Crippen LogP contribution in [0.1, 0.15) is 22.3 Å². The highest BCUT2D eigenvalue weighted by atomic mass is 35.5. The minimum Gasteiger partial charge on any atom is -0.483 e. The van der Waals surface area contributed by atoms with E-state index in [4.69, 9.17) is 16.3 Å². The third-order valence-electron chi connectivity index (χ3n) is 5.83. The van der Waals surface area contributed by atoms with Crippen molar-refractivity contribution in [3.05, 3.63) is 93.5 Å². The number of amides is 5. The molecule has 188 valence electrons. The predicted molar refractivity (Wildman–Crippen MR) is 142 cm³/mol. The number of nitrogens with one attached hydrogen (secondary N) is 2. The van der Waals surface area contributed by atoms with Gasteiger partial charge in [0, 0.05) is 16.3 Å². The molecule has 0 atom stereocenters. The topological polar surface area (TPSA) is 105 Å². The van der Waals surface area contributed by atoms with Crippen LogP contribution in [0.3, 0.4) is 0 Å². The molecule has 1 aliphatic heterocycles. The molecule has 0 saturated carbocycles. The number of ether oxygens (including phenoxy) is 1. The van der Waals surface area contributed by atoms with Crippen LogP contribution in [-0.4, -0.2) is 30.4 Å². The van der Waals surface area contributed by atoms with Gasteiger partial charge in [0.25, 0.3) is 17.7 Å². The van der Waals surface area contributed by atoms with E-state index in [2.05, 4.69) is 10.6 Å². The van der Waals surface area contributed by atoms with Gasteiger partial charge in [0.1, 0.15) is 11.3 Å². The molecular formula is C28H24ClN3O5. The van der Waals surface area contributed by atoms with Crippen molar-refractivity contribution >= 4 is 52.8 Å². The first-order valence-electron chi connectivity index (χ1n) is 11.4. The Morgan fingerprint density at radius 3 is 2.57 bits per heavy atom. The summed E-state index contributed by atoms with van der Waals surface area (Å²) in [6.07, 6.45) is 1.33. The number of rotatable bonds is 6. The van der Waals surface area contributed by atoms with Gasteiger partial charge >= 0.3 is 6.03 Å². The van der Waals surface area contributed by atoms with E-state index in [0.717, 1.165) is 16.0 Å². The largest absolute Gasteiger partial charge is 0.483 e. The average Bonchev–Trinajstić information content (AvgIpc) is 2.86. The van der Waals surface area contributed by atoms with Crippen molar-refractivity contribution in [1.82, 2.24) is 5.32 Å². The summed E-state index contributed by atoms with van der Waals surface area (Å²) in [5.74, 6) is -1.72. The van der Waals surface area contributed by atoms with E-state index >= 15 is 0 Å². The number of anilines is 2. The molecule has 9 heteroatoms. The zero-order chi connectivity index (χ0) is 26.7. The Labute approximate surface area is 218 Å². The van der Waals surface area contributed by atoms with Crippen LogP contribution in [0, 0.1) is 20.8 Å². The van der Waals surface area contributed by atoms with Crippen molar-refractivity contribution in [1.29, 1.82) is 0 Å². The zero-order valence-corrected chi connectivity index (χ0v) is 21.2. The second-order valence-corrected chi connectivity index (χ2v) is 8.94. The van der Waals surface area contributed by atoms with E-state index in [0.29, 0.717) is 21.8 Å². The van der Waals surface area contributed by atoms with Crippen molar-refractivity contribution in [2.24, 2.45) is 0 Å². The number of carbonyl (C=O) groups is 4. The molecule has 1 heterocycles. The molecule has 1 saturated heterocycles. The maximum atomic E-state index is 13.3. The van der Waals surface area contributed by atoms with Crippen LogP contribution in [0.25, 0.3) is 6.08 Å². The molecule has 0 unspecified atom stereocenters. The molecule has 4 rings (SSSR count). The van der Waals surface area contributed by atoms with Crippen LogP contribution in [0.4, 0.5) is 16.2 Å². The van der Waals surface area contributed by atoms with E-state index in [9.17, 15) is 19.2 Å². The number of aryl methyl sites for hydroxylation is 2. The van der Waals surface area contributed by atoms with Gasteiger partial charge in [-0.1, -0.05) is 48.0 Å². The highest BCUT2D eigenvalue weighted by molar-refractivity contribution is 6.40. The Kier molecular flexibility index (Phi) is 7.40. The van der Waals surface area contributed by atoms with Crippen molar-refractivity contribution in [2.75, 3.05) is 16.8 Å². The molecule has 3 aromatic rings. The molecule has 0 aromatic heterocycles. The fourth-order valence-corrected chi connectivity index (χ4v) is 3.97. The Balaban J connectivity index is 1.57. The molecule has 1 aliphatic rings. The van der Waals surface area contributed by atoms with Gasteiger partial charge in [-0.15, -0.1) is 0 Å². The van der Waals surface area contributed by atoms with Crippen LogP contribution in [-0.2, 0) is 14.4 Å². The number of nitrogens with zero attached hydrogens (tertiary/aromatic N) is 1. The number of barbiturate groups is 1. The standard InChI is InChI=1S/C28H24ClN3O5/c1-16-11-12-17(2)22(13-16)30-25(33)15-37-24-10-5-4-7-19(24)14-20-26(34)31-28(36)32(27(20)35)23-9-6-8-21(29)18(23)3/h4-14H,15H2,1-3H3,(H,30,33)(H,31,34,36)/b20-14-. The second kappa shape index (κ2) is 10.7. The van der Waals surface area contributed by atoms with Crippen molar-refractivity contribution in [2.45, 2.75) is 20.8 Å². The predicted octanol–water partition coefficient (Wildman–Crippen LogP) is 4.95. The summed E-state index contributed by atoms with van der Waals surface area (Å²) < 4.78 is 5.72. The third kappa shape index (κ3) is 5.54. The van der Waals surface area contributed by atoms with Gasteiger partial charge in [-0.3, -0.25) is 19.7 Å². The minimum absolute atomic E-state index is 0.265. The summed E-state index contributed by atoms with van der Waals surface area (Å²) in [4.78, 5) is 51.8. The van der Waals surface area contributed by atoms with E-state index in [1.807, 2.05) is 32.0 Å². The second-order valence-electron chi connectivity index (χ2n) is 8.53. The quantitative estimate of drug-likeness (QED) is 0.355. The zero-order valence-electron chi connectivity index (χ0n) is 20.4. The lowest BCUT2D eigenvalue weighted by molar-refractivity contribution is -0.122. The van der Waals surface area contributed by atoms with Crippen LogP contribution in [0.15, 0.2) is 66.2 Å². The number of urea groups is 1. The van der Waals surface area contributed by atoms with Crippen molar-refractivity contribution in [3.63, 3.8) is 0 Å². The Hall–Kier alpha value is -4.43. The molecule has 0 aliphatic carbocycles. The van der Waals surface area contributed by atoms with E-state index < -0.39 is 17.8 Å². The smallest absolute Gasteiger partial charge is 0.335 e. The minimum atomic E-state index is -0.870. The van der Waals surface area contributed by atoms with Crippen LogP contribution >= 0.6 is 11.6 Å². The highest BCUT2D eigenvalue weighted by Gasteiger charge is 2.37. The average molecular weight is 518 g/mol. The molecule has 1 fully saturated rings. The molecule has 0 spiro atoms. The van der Waals surface area contributed by atoms with Gasteiger partial charge in [-0.25, -0.2) is 9.69 Å². The van der Waals surface area contributed by atoms with Gasteiger partial charge in [-0.05, 0) is 67.8 Å². The fraction of sp³-hybridized carbons (Fsp3) is 0.143. The van der Waals surface area contributed by atoms with Gasteiger partial charge in [0.2, 0.25) is 0 Å². The molecule has 37 heavy (non-hydrogen) atoms. The van der Waals surface area contributed by atoms with Gasteiger partial charge in [0.15, 0.2) is 6.61 Å². The van der Waals surface area contributed by atoms with Crippen molar-refractivity contribution < 1.29 is 23.9 Å². The number of hydrogen-bond donors (Lipinski definition) is 2. The number of halogens is 1. The van der Waals surface area contributed by atoms with Crippen LogP contribution < -0.4 is 20.3 Å². The van der Waals surface area contributed by atoms with Crippen molar-refractivity contribution in [3.8, 4) is 5.75 Å². The maximum Gasteiger partial charge on any atom is 0.335 e. The van der Waals surface area contributed by atoms with Crippen LogP contribution in [0.5, 0.6) is 5.75 Å². The highest BCUT2D eigenvalue weighted by Crippen LogP contribution is 2.30. The lowest BCUT2D eigenvalue weighted by atomic mass is 10.0. The summed E-state index contributed by atoms with van der Waals surface area (Å²) in [5, 5.41) is 5.39. The summed E-state index contributed by atoms with van der Waals surface area (Å²) in [6, 6.07) is 16.3. The molecule has 0 radical (unpaired) electrons. The molecule has 5 amide bonds. The van der Waals surface area contributed by atoms with E-state index in [1.54, 1.807) is 49.4 Å². The van der Waals surface area contributed by atoms with Gasteiger partial charge in [-0.2, -0.15) is 0 Å². The lowest BCUT2D eigenvalue weighted by Crippen LogP contribution is -2.54. The number of para-hydroxylation sites is 1. The van der Waals surface area contributed by atoms with Gasteiger partial charge < -0.3 is 10.1 Å². The molecule has 3 aromatic carbocycles. The van der Waals surface area contributed by atoms with Crippen LogP contribution in [0.2, 0.25) is 5.02 Å². The number of carbonyl (C=O) groups excluding carboxylic acids is 4. The number of imide groups is 2. The van der Waals surface area contributed by atoms with E-state index in [1.165, 1.54) is 6.08 Å². The summed E-state index contributed by atoms with van der Waals surface area (Å²) in [6.45, 7) is 5.20. The monoisotopic (exact) mass is 517 g/mol. The third-order valence-corrected chi connectivity index (χ3v) is 6.24. The molecule has 8 nitrogen and oxygen atoms in total. The first kappa shape index (κ1) is 25.7. The number of hydrogen-bond acceptors (Lipinski definition) is 5. The summed E-state index contributed by atoms with van der Waals surface area (Å²) in [7, 11) is 0. The number of benzene rings is 3. The molecular weight excluding hydrogens is 494 g/mol.